The molecular weight excluding hydrogens is 346 g/mol. The van der Waals surface area contributed by atoms with Crippen LogP contribution in [0, 0.1) is 6.92 Å². The van der Waals surface area contributed by atoms with E-state index in [9.17, 15) is 9.59 Å². The van der Waals surface area contributed by atoms with Crippen molar-refractivity contribution < 1.29 is 24.2 Å². The summed E-state index contributed by atoms with van der Waals surface area (Å²) >= 11 is 0. The number of carboxylic acids is 1. The fourth-order valence-electron chi connectivity index (χ4n) is 2.47. The molecule has 2 aromatic rings. The largest absolute Gasteiger partial charge is 0.484 e. The highest BCUT2D eigenvalue weighted by Gasteiger charge is 2.08. The first-order chi connectivity index (χ1) is 12.9. The number of aryl methyl sites for hydroxylation is 1. The lowest BCUT2D eigenvalue weighted by Gasteiger charge is -2.12. The molecule has 0 saturated heterocycles. The van der Waals surface area contributed by atoms with Crippen LogP contribution in [0.2, 0.25) is 0 Å². The van der Waals surface area contributed by atoms with Gasteiger partial charge in [-0.3, -0.25) is 4.79 Å². The predicted octanol–water partition coefficient (Wildman–Crippen LogP) is 3.99. The van der Waals surface area contributed by atoms with Gasteiger partial charge in [0.2, 0.25) is 0 Å². The van der Waals surface area contributed by atoms with E-state index in [2.05, 4.69) is 19.2 Å². The normalized spacial score (nSPS) is 11.5. The van der Waals surface area contributed by atoms with Crippen molar-refractivity contribution in [2.75, 3.05) is 18.5 Å². The zero-order chi connectivity index (χ0) is 19.8. The zero-order valence-electron chi connectivity index (χ0n) is 15.8. The van der Waals surface area contributed by atoms with Crippen molar-refractivity contribution in [1.82, 2.24) is 0 Å². The summed E-state index contributed by atoms with van der Waals surface area (Å²) in [5.74, 6) is 0.257. The van der Waals surface area contributed by atoms with E-state index in [1.54, 1.807) is 25.1 Å². The van der Waals surface area contributed by atoms with E-state index in [-0.39, 0.29) is 12.5 Å². The van der Waals surface area contributed by atoms with Gasteiger partial charge >= 0.3 is 5.97 Å². The number of carbonyl (C=O) groups excluding carboxylic acids is 1. The topological polar surface area (TPSA) is 84.9 Å². The molecule has 1 unspecified atom stereocenters. The highest BCUT2D eigenvalue weighted by Crippen LogP contribution is 2.23. The van der Waals surface area contributed by atoms with Crippen molar-refractivity contribution >= 4 is 17.6 Å². The van der Waals surface area contributed by atoms with Crippen LogP contribution in [-0.2, 0) is 9.59 Å². The molecule has 0 bridgehead atoms. The molecule has 0 aliphatic heterocycles. The molecule has 0 heterocycles. The Bertz CT molecular complexity index is 786. The van der Waals surface area contributed by atoms with Gasteiger partial charge in [-0.05, 0) is 60.7 Å². The van der Waals surface area contributed by atoms with Crippen molar-refractivity contribution in [3.05, 3.63) is 53.6 Å². The van der Waals surface area contributed by atoms with E-state index < -0.39 is 12.6 Å². The second-order valence-electron chi connectivity index (χ2n) is 6.37. The third-order valence-corrected chi connectivity index (χ3v) is 4.27. The molecule has 1 amide bonds. The van der Waals surface area contributed by atoms with E-state index >= 15 is 0 Å². The minimum absolute atomic E-state index is 0.0978. The van der Waals surface area contributed by atoms with Crippen LogP contribution in [0.15, 0.2) is 42.5 Å². The lowest BCUT2D eigenvalue weighted by Crippen LogP contribution is -2.20. The van der Waals surface area contributed by atoms with E-state index in [4.69, 9.17) is 14.6 Å². The van der Waals surface area contributed by atoms with Gasteiger partial charge in [-0.2, -0.15) is 0 Å². The number of aliphatic carboxylic acids is 1. The third kappa shape index (κ3) is 6.33. The Balaban J connectivity index is 1.87. The smallest absolute Gasteiger partial charge is 0.341 e. The molecule has 0 aliphatic carbocycles. The third-order valence-electron chi connectivity index (χ3n) is 4.27. The van der Waals surface area contributed by atoms with Crippen LogP contribution in [0.4, 0.5) is 5.69 Å². The minimum Gasteiger partial charge on any atom is -0.484 e. The molecular formula is C21H25NO5. The van der Waals surface area contributed by atoms with Crippen LogP contribution >= 0.6 is 0 Å². The van der Waals surface area contributed by atoms with Crippen molar-refractivity contribution in [3.63, 3.8) is 0 Å². The molecule has 0 aliphatic rings. The van der Waals surface area contributed by atoms with Crippen LogP contribution in [0.25, 0.3) is 0 Å². The van der Waals surface area contributed by atoms with Crippen molar-refractivity contribution in [2.24, 2.45) is 0 Å². The summed E-state index contributed by atoms with van der Waals surface area (Å²) in [7, 11) is 0. The second kappa shape index (κ2) is 9.62. The van der Waals surface area contributed by atoms with E-state index in [0.717, 1.165) is 12.0 Å². The van der Waals surface area contributed by atoms with Gasteiger partial charge in [0.05, 0.1) is 0 Å². The second-order valence-corrected chi connectivity index (χ2v) is 6.37. The van der Waals surface area contributed by atoms with Gasteiger partial charge in [-0.25, -0.2) is 4.79 Å². The Morgan fingerprint density at radius 1 is 1.04 bits per heavy atom. The average Bonchev–Trinajstić information content (AvgIpc) is 2.66. The Kier molecular flexibility index (Phi) is 7.23. The first-order valence-corrected chi connectivity index (χ1v) is 8.87. The van der Waals surface area contributed by atoms with Crippen LogP contribution < -0.4 is 14.8 Å². The monoisotopic (exact) mass is 371 g/mol. The molecule has 2 rings (SSSR count). The molecule has 144 valence electrons. The summed E-state index contributed by atoms with van der Waals surface area (Å²) in [4.78, 5) is 22.6. The summed E-state index contributed by atoms with van der Waals surface area (Å²) < 4.78 is 10.6. The quantitative estimate of drug-likeness (QED) is 0.696. The molecule has 0 saturated carbocycles. The maximum Gasteiger partial charge on any atom is 0.341 e. The number of benzene rings is 2. The van der Waals surface area contributed by atoms with E-state index in [0.29, 0.717) is 23.1 Å². The fourth-order valence-corrected chi connectivity index (χ4v) is 2.47. The van der Waals surface area contributed by atoms with Gasteiger partial charge in [0.15, 0.2) is 13.2 Å². The summed E-state index contributed by atoms with van der Waals surface area (Å²) in [5, 5.41) is 11.4. The van der Waals surface area contributed by atoms with Gasteiger partial charge in [-0.1, -0.05) is 26.0 Å². The van der Waals surface area contributed by atoms with Crippen LogP contribution in [0.3, 0.4) is 0 Å². The standard InChI is InChI=1S/C21H25NO5/c1-4-14(2)16-5-7-17(8-6-16)26-12-20(23)22-19-10-9-18(11-15(19)3)27-13-21(24)25/h5-11,14H,4,12-13H2,1-3H3,(H,22,23)(H,24,25). The first-order valence-electron chi connectivity index (χ1n) is 8.87. The minimum atomic E-state index is -1.04. The number of carboxylic acid groups (broad SMARTS) is 1. The van der Waals surface area contributed by atoms with Gasteiger partial charge in [0.1, 0.15) is 11.5 Å². The number of hydrogen-bond acceptors (Lipinski definition) is 4. The summed E-state index contributed by atoms with van der Waals surface area (Å²) in [6, 6.07) is 12.7. The number of carbonyl (C=O) groups is 2. The Labute approximate surface area is 159 Å². The van der Waals surface area contributed by atoms with Crippen molar-refractivity contribution in [3.8, 4) is 11.5 Å². The molecule has 27 heavy (non-hydrogen) atoms. The van der Waals surface area contributed by atoms with E-state index in [1.807, 2.05) is 24.3 Å². The van der Waals surface area contributed by atoms with Crippen molar-refractivity contribution in [2.45, 2.75) is 33.1 Å². The number of hydrogen-bond donors (Lipinski definition) is 2. The predicted molar refractivity (Wildman–Crippen MR) is 104 cm³/mol. The SMILES string of the molecule is CCC(C)c1ccc(OCC(=O)Nc2ccc(OCC(=O)O)cc2C)cc1. The molecule has 6 nitrogen and oxygen atoms in total. The molecule has 2 aromatic carbocycles. The first kappa shape index (κ1) is 20.3. The molecule has 1 atom stereocenters. The van der Waals surface area contributed by atoms with Gasteiger partial charge in [0.25, 0.3) is 5.91 Å². The highest BCUT2D eigenvalue weighted by molar-refractivity contribution is 5.92. The number of rotatable bonds is 9. The highest BCUT2D eigenvalue weighted by atomic mass is 16.5. The van der Waals surface area contributed by atoms with Gasteiger partial charge in [0, 0.05) is 5.69 Å². The average molecular weight is 371 g/mol. The Hall–Kier alpha value is -3.02. The Morgan fingerprint density at radius 3 is 2.26 bits per heavy atom. The summed E-state index contributed by atoms with van der Waals surface area (Å²) in [5.41, 5.74) is 2.64. The lowest BCUT2D eigenvalue weighted by atomic mass is 9.99. The van der Waals surface area contributed by atoms with Crippen molar-refractivity contribution in [1.29, 1.82) is 0 Å². The van der Waals surface area contributed by atoms with Crippen LogP contribution in [-0.4, -0.2) is 30.2 Å². The molecule has 0 aromatic heterocycles. The van der Waals surface area contributed by atoms with E-state index in [1.165, 1.54) is 5.56 Å². The number of ether oxygens (including phenoxy) is 2. The molecule has 2 N–H and O–H groups in total. The molecule has 0 radical (unpaired) electrons. The Morgan fingerprint density at radius 2 is 1.67 bits per heavy atom. The summed E-state index contributed by atoms with van der Waals surface area (Å²) in [6.45, 7) is 5.61. The van der Waals surface area contributed by atoms with Gasteiger partial charge < -0.3 is 19.9 Å². The molecule has 6 heteroatoms. The number of amides is 1. The van der Waals surface area contributed by atoms with Gasteiger partial charge in [-0.15, -0.1) is 0 Å². The molecule has 0 fully saturated rings. The zero-order valence-corrected chi connectivity index (χ0v) is 15.8. The maximum atomic E-state index is 12.1. The maximum absolute atomic E-state index is 12.1. The number of nitrogens with one attached hydrogen (secondary N) is 1. The van der Waals surface area contributed by atoms with Crippen LogP contribution in [0.5, 0.6) is 11.5 Å². The summed E-state index contributed by atoms with van der Waals surface area (Å²) in [6.07, 6.45) is 1.07. The number of anilines is 1. The van der Waals surface area contributed by atoms with Crippen LogP contribution in [0.1, 0.15) is 37.3 Å². The fraction of sp³-hybridized carbons (Fsp3) is 0.333. The molecule has 0 spiro atoms. The lowest BCUT2D eigenvalue weighted by molar-refractivity contribution is -0.139.